The molecule has 2 aromatic rings. The first-order valence-corrected chi connectivity index (χ1v) is 7.65. The lowest BCUT2D eigenvalue weighted by atomic mass is 10.1. The molecule has 1 aliphatic rings. The number of nitrogens with zero attached hydrogens (tertiary/aromatic N) is 2. The van der Waals surface area contributed by atoms with Crippen LogP contribution in [0.15, 0.2) is 29.1 Å². The number of hydrogen-bond donors (Lipinski definition) is 0. The Bertz CT molecular complexity index is 617. The molecule has 0 bridgehead atoms. The van der Waals surface area contributed by atoms with E-state index in [0.717, 1.165) is 16.8 Å². The molecule has 1 saturated heterocycles. The van der Waals surface area contributed by atoms with Crippen LogP contribution in [0, 0.1) is 6.92 Å². The SMILES string of the molecule is Cc1cscc1C(=O)N1CCOCC1c1cccn1C. The normalized spacial score (nSPS) is 19.3. The van der Waals surface area contributed by atoms with E-state index in [0.29, 0.717) is 19.8 Å². The Morgan fingerprint density at radius 1 is 1.45 bits per heavy atom. The van der Waals surface area contributed by atoms with E-state index in [9.17, 15) is 4.79 Å². The van der Waals surface area contributed by atoms with Gasteiger partial charge in [-0.25, -0.2) is 0 Å². The molecule has 106 valence electrons. The number of amides is 1. The van der Waals surface area contributed by atoms with Crippen LogP contribution in [0.4, 0.5) is 0 Å². The van der Waals surface area contributed by atoms with Crippen LogP contribution in [-0.4, -0.2) is 35.1 Å². The van der Waals surface area contributed by atoms with Crippen molar-refractivity contribution in [3.8, 4) is 0 Å². The van der Waals surface area contributed by atoms with Crippen molar-refractivity contribution >= 4 is 17.2 Å². The summed E-state index contributed by atoms with van der Waals surface area (Å²) < 4.78 is 7.64. The maximum Gasteiger partial charge on any atom is 0.255 e. The minimum Gasteiger partial charge on any atom is -0.377 e. The Morgan fingerprint density at radius 3 is 2.95 bits per heavy atom. The molecule has 1 atom stereocenters. The zero-order valence-corrected chi connectivity index (χ0v) is 12.5. The van der Waals surface area contributed by atoms with Gasteiger partial charge in [-0.05, 0) is 30.0 Å². The van der Waals surface area contributed by atoms with Gasteiger partial charge in [-0.15, -0.1) is 0 Å². The Morgan fingerprint density at radius 2 is 2.30 bits per heavy atom. The van der Waals surface area contributed by atoms with E-state index in [1.165, 1.54) is 0 Å². The molecular formula is C15H18N2O2S. The average Bonchev–Trinajstić information content (AvgIpc) is 3.06. The highest BCUT2D eigenvalue weighted by atomic mass is 32.1. The Kier molecular flexibility index (Phi) is 3.63. The number of ether oxygens (including phenoxy) is 1. The van der Waals surface area contributed by atoms with Gasteiger partial charge < -0.3 is 14.2 Å². The fourth-order valence-electron chi connectivity index (χ4n) is 2.65. The van der Waals surface area contributed by atoms with Gasteiger partial charge in [0.25, 0.3) is 5.91 Å². The fraction of sp³-hybridized carbons (Fsp3) is 0.400. The number of rotatable bonds is 2. The van der Waals surface area contributed by atoms with Crippen LogP contribution in [0.5, 0.6) is 0 Å². The summed E-state index contributed by atoms with van der Waals surface area (Å²) in [7, 11) is 2.00. The van der Waals surface area contributed by atoms with Crippen molar-refractivity contribution in [2.24, 2.45) is 7.05 Å². The lowest BCUT2D eigenvalue weighted by Crippen LogP contribution is -2.44. The molecule has 4 nitrogen and oxygen atoms in total. The van der Waals surface area contributed by atoms with Gasteiger partial charge in [0.05, 0.1) is 24.8 Å². The first-order valence-electron chi connectivity index (χ1n) is 6.71. The van der Waals surface area contributed by atoms with Crippen LogP contribution in [-0.2, 0) is 11.8 Å². The molecular weight excluding hydrogens is 272 g/mol. The summed E-state index contributed by atoms with van der Waals surface area (Å²) in [6.07, 6.45) is 2.00. The Balaban J connectivity index is 1.92. The van der Waals surface area contributed by atoms with E-state index in [1.54, 1.807) is 11.3 Å². The summed E-state index contributed by atoms with van der Waals surface area (Å²) in [5.74, 6) is 0.109. The number of morpholine rings is 1. The average molecular weight is 290 g/mol. The molecule has 0 spiro atoms. The molecule has 0 saturated carbocycles. The molecule has 1 aliphatic heterocycles. The molecule has 0 radical (unpaired) electrons. The van der Waals surface area contributed by atoms with Gasteiger partial charge in [-0.1, -0.05) is 0 Å². The van der Waals surface area contributed by atoms with Crippen molar-refractivity contribution in [1.82, 2.24) is 9.47 Å². The maximum absolute atomic E-state index is 12.8. The number of hydrogen-bond acceptors (Lipinski definition) is 3. The van der Waals surface area contributed by atoms with E-state index >= 15 is 0 Å². The van der Waals surface area contributed by atoms with Crippen LogP contribution in [0.2, 0.25) is 0 Å². The number of aryl methyl sites for hydroxylation is 2. The number of carbonyl (C=O) groups is 1. The molecule has 3 heterocycles. The van der Waals surface area contributed by atoms with Crippen LogP contribution < -0.4 is 0 Å². The van der Waals surface area contributed by atoms with E-state index in [1.807, 2.05) is 41.9 Å². The van der Waals surface area contributed by atoms with E-state index in [2.05, 4.69) is 10.6 Å². The van der Waals surface area contributed by atoms with Crippen LogP contribution in [0.3, 0.4) is 0 Å². The molecule has 0 N–H and O–H groups in total. The highest BCUT2D eigenvalue weighted by molar-refractivity contribution is 7.08. The maximum atomic E-state index is 12.8. The highest BCUT2D eigenvalue weighted by Gasteiger charge is 2.31. The largest absolute Gasteiger partial charge is 0.377 e. The quantitative estimate of drug-likeness (QED) is 0.852. The molecule has 1 amide bonds. The standard InChI is InChI=1S/C15H18N2O2S/c1-11-9-20-10-12(11)15(18)17-6-7-19-8-14(17)13-4-3-5-16(13)2/h3-5,9-10,14H,6-8H2,1-2H3. The van der Waals surface area contributed by atoms with Crippen molar-refractivity contribution in [2.75, 3.05) is 19.8 Å². The summed E-state index contributed by atoms with van der Waals surface area (Å²) in [5, 5.41) is 3.96. The topological polar surface area (TPSA) is 34.5 Å². The summed E-state index contributed by atoms with van der Waals surface area (Å²) in [5.41, 5.74) is 2.99. The minimum absolute atomic E-state index is 0.00412. The third-order valence-electron chi connectivity index (χ3n) is 3.80. The first-order chi connectivity index (χ1) is 9.68. The summed E-state index contributed by atoms with van der Waals surface area (Å²) >= 11 is 1.58. The van der Waals surface area contributed by atoms with Crippen LogP contribution in [0.25, 0.3) is 0 Å². The molecule has 2 aromatic heterocycles. The summed E-state index contributed by atoms with van der Waals surface area (Å²) in [6, 6.07) is 4.05. The van der Waals surface area contributed by atoms with Gasteiger partial charge >= 0.3 is 0 Å². The van der Waals surface area contributed by atoms with Gasteiger partial charge in [0.1, 0.15) is 0 Å². The Hall–Kier alpha value is -1.59. The van der Waals surface area contributed by atoms with E-state index < -0.39 is 0 Å². The second-order valence-electron chi connectivity index (χ2n) is 5.10. The van der Waals surface area contributed by atoms with Crippen molar-refractivity contribution < 1.29 is 9.53 Å². The zero-order chi connectivity index (χ0) is 14.1. The summed E-state index contributed by atoms with van der Waals surface area (Å²) in [4.78, 5) is 14.7. The molecule has 3 rings (SSSR count). The van der Waals surface area contributed by atoms with Crippen molar-refractivity contribution in [3.63, 3.8) is 0 Å². The smallest absolute Gasteiger partial charge is 0.255 e. The predicted octanol–water partition coefficient (Wildman–Crippen LogP) is 2.61. The molecule has 0 aromatic carbocycles. The van der Waals surface area contributed by atoms with Crippen molar-refractivity contribution in [1.29, 1.82) is 0 Å². The van der Waals surface area contributed by atoms with Crippen molar-refractivity contribution in [2.45, 2.75) is 13.0 Å². The van der Waals surface area contributed by atoms with Crippen LogP contribution >= 0.6 is 11.3 Å². The van der Waals surface area contributed by atoms with Crippen molar-refractivity contribution in [3.05, 3.63) is 45.9 Å². The van der Waals surface area contributed by atoms with Gasteiger partial charge in [0, 0.05) is 30.9 Å². The van der Waals surface area contributed by atoms with Gasteiger partial charge in [0.2, 0.25) is 0 Å². The van der Waals surface area contributed by atoms with Crippen LogP contribution in [0.1, 0.15) is 27.7 Å². The minimum atomic E-state index is -0.00412. The third-order valence-corrected chi connectivity index (χ3v) is 4.66. The molecule has 0 aliphatic carbocycles. The lowest BCUT2D eigenvalue weighted by Gasteiger charge is -2.36. The second kappa shape index (κ2) is 5.42. The lowest BCUT2D eigenvalue weighted by molar-refractivity contribution is -0.00464. The predicted molar refractivity (Wildman–Crippen MR) is 79.1 cm³/mol. The highest BCUT2D eigenvalue weighted by Crippen LogP contribution is 2.27. The molecule has 5 heteroatoms. The number of thiophene rings is 1. The first kappa shape index (κ1) is 13.4. The van der Waals surface area contributed by atoms with Gasteiger partial charge in [0.15, 0.2) is 0 Å². The molecule has 1 fully saturated rings. The zero-order valence-electron chi connectivity index (χ0n) is 11.7. The fourth-order valence-corrected chi connectivity index (χ4v) is 3.47. The number of aromatic nitrogens is 1. The van der Waals surface area contributed by atoms with Gasteiger partial charge in [-0.2, -0.15) is 11.3 Å². The second-order valence-corrected chi connectivity index (χ2v) is 5.85. The van der Waals surface area contributed by atoms with Gasteiger partial charge in [-0.3, -0.25) is 4.79 Å². The molecule has 1 unspecified atom stereocenters. The Labute approximate surface area is 122 Å². The summed E-state index contributed by atoms with van der Waals surface area (Å²) in [6.45, 7) is 3.80. The van der Waals surface area contributed by atoms with E-state index in [-0.39, 0.29) is 11.9 Å². The molecule has 20 heavy (non-hydrogen) atoms. The number of carbonyl (C=O) groups excluding carboxylic acids is 1. The monoisotopic (exact) mass is 290 g/mol. The third kappa shape index (κ3) is 2.27. The van der Waals surface area contributed by atoms with E-state index in [4.69, 9.17) is 4.74 Å².